The molecule has 38 heavy (non-hydrogen) atoms. The molecule has 2 aromatic carbocycles. The molecule has 0 unspecified atom stereocenters. The van der Waals surface area contributed by atoms with Crippen LogP contribution >= 0.6 is 0 Å². The van der Waals surface area contributed by atoms with Gasteiger partial charge in [0.15, 0.2) is 0 Å². The second-order valence-corrected chi connectivity index (χ2v) is 9.98. The maximum absolute atomic E-state index is 13.6. The zero-order valence-electron chi connectivity index (χ0n) is 22.9. The van der Waals surface area contributed by atoms with Crippen molar-refractivity contribution in [1.29, 1.82) is 0 Å². The number of ether oxygens (including phenoxy) is 1. The summed E-state index contributed by atoms with van der Waals surface area (Å²) in [5, 5.41) is 24.2. The molecule has 0 fully saturated rings. The predicted molar refractivity (Wildman–Crippen MR) is 153 cm³/mol. The monoisotopic (exact) mass is 518 g/mol. The average molecular weight is 519 g/mol. The smallest absolute Gasteiger partial charge is 0.308 e. The van der Waals surface area contributed by atoms with Crippen LogP contribution in [0.4, 0.5) is 17.1 Å². The number of hydrogen-bond donors (Lipinski definition) is 3. The summed E-state index contributed by atoms with van der Waals surface area (Å²) in [5.74, 6) is -1.08. The van der Waals surface area contributed by atoms with E-state index in [-0.39, 0.29) is 46.6 Å². The van der Waals surface area contributed by atoms with Crippen LogP contribution in [0, 0.1) is 0 Å². The number of rotatable bonds is 10. The summed E-state index contributed by atoms with van der Waals surface area (Å²) in [6, 6.07) is 7.53. The lowest BCUT2D eigenvalue weighted by molar-refractivity contribution is -0.131. The number of anilines is 3. The van der Waals surface area contributed by atoms with Crippen LogP contribution in [0.25, 0.3) is 0 Å². The van der Waals surface area contributed by atoms with Crippen LogP contribution in [0.5, 0.6) is 17.2 Å². The molecule has 7 heteroatoms. The molecule has 0 saturated carbocycles. The maximum atomic E-state index is 13.6. The Morgan fingerprint density at radius 1 is 0.921 bits per heavy atom. The van der Waals surface area contributed by atoms with Crippen molar-refractivity contribution >= 4 is 28.9 Å². The molecule has 0 bridgehead atoms. The molecule has 1 aliphatic heterocycles. The molecule has 7 nitrogen and oxygen atoms in total. The van der Waals surface area contributed by atoms with E-state index in [1.54, 1.807) is 12.1 Å². The highest BCUT2D eigenvalue weighted by Gasteiger charge is 2.30. The van der Waals surface area contributed by atoms with Gasteiger partial charge in [-0.25, -0.2) is 0 Å². The molecule has 0 aliphatic carbocycles. The van der Waals surface area contributed by atoms with Crippen molar-refractivity contribution in [2.45, 2.75) is 66.7 Å². The van der Waals surface area contributed by atoms with Gasteiger partial charge in [0.05, 0.1) is 16.9 Å². The van der Waals surface area contributed by atoms with Gasteiger partial charge in [-0.2, -0.15) is 0 Å². The van der Waals surface area contributed by atoms with Gasteiger partial charge < -0.3 is 25.2 Å². The van der Waals surface area contributed by atoms with E-state index >= 15 is 0 Å². The van der Waals surface area contributed by atoms with Gasteiger partial charge >= 0.3 is 5.97 Å². The van der Waals surface area contributed by atoms with Crippen LogP contribution in [0.15, 0.2) is 65.3 Å². The van der Waals surface area contributed by atoms with Crippen molar-refractivity contribution in [2.75, 3.05) is 16.8 Å². The second-order valence-electron chi connectivity index (χ2n) is 9.98. The van der Waals surface area contributed by atoms with Crippen LogP contribution in [0.2, 0.25) is 0 Å². The summed E-state index contributed by atoms with van der Waals surface area (Å²) in [7, 11) is 0. The second kappa shape index (κ2) is 13.0. The first kappa shape index (κ1) is 28.6. The number of fused-ring (bicyclic) bond motifs is 2. The minimum absolute atomic E-state index is 0.108. The van der Waals surface area contributed by atoms with E-state index in [1.165, 1.54) is 41.2 Å². The normalized spacial score (nSPS) is 13.3. The Bertz CT molecular complexity index is 1290. The molecule has 0 spiro atoms. The van der Waals surface area contributed by atoms with Crippen LogP contribution in [0.3, 0.4) is 0 Å². The number of aromatic hydroxyl groups is 2. The number of phenols is 2. The number of benzene rings is 2. The van der Waals surface area contributed by atoms with Crippen molar-refractivity contribution in [3.63, 3.8) is 0 Å². The van der Waals surface area contributed by atoms with Gasteiger partial charge in [0.25, 0.3) is 5.91 Å². The number of para-hydroxylation sites is 1. The number of esters is 1. The third-order valence-electron chi connectivity index (χ3n) is 6.37. The number of allylic oxidation sites excluding steroid dienone is 5. The largest absolute Gasteiger partial charge is 0.506 e. The van der Waals surface area contributed by atoms with Crippen molar-refractivity contribution < 1.29 is 24.5 Å². The fraction of sp³-hybridized carbons (Fsp3) is 0.355. The van der Waals surface area contributed by atoms with E-state index in [1.807, 2.05) is 13.0 Å². The van der Waals surface area contributed by atoms with Gasteiger partial charge in [0.2, 0.25) is 0 Å². The Kier molecular flexibility index (Phi) is 9.77. The third kappa shape index (κ3) is 7.51. The van der Waals surface area contributed by atoms with E-state index in [9.17, 15) is 19.8 Å². The van der Waals surface area contributed by atoms with Crippen LogP contribution in [0.1, 0.15) is 77.1 Å². The summed E-state index contributed by atoms with van der Waals surface area (Å²) in [6.45, 7) is 9.96. The van der Waals surface area contributed by atoms with E-state index < -0.39 is 5.97 Å². The maximum Gasteiger partial charge on any atom is 0.308 e. The first-order valence-electron chi connectivity index (χ1n) is 13.0. The quantitative estimate of drug-likeness (QED) is 0.0988. The summed E-state index contributed by atoms with van der Waals surface area (Å²) < 4.78 is 5.19. The average Bonchev–Trinajstić information content (AvgIpc) is 2.95. The number of amides is 1. The number of nitrogens with zero attached hydrogens (tertiary/aromatic N) is 1. The summed E-state index contributed by atoms with van der Waals surface area (Å²) in [4.78, 5) is 26.7. The van der Waals surface area contributed by atoms with Gasteiger partial charge in [0.1, 0.15) is 22.9 Å². The van der Waals surface area contributed by atoms with E-state index in [0.29, 0.717) is 5.69 Å². The molecule has 3 N–H and O–H groups in total. The summed E-state index contributed by atoms with van der Waals surface area (Å²) in [6.07, 6.45) is 11.6. The molecule has 202 valence electrons. The SMILES string of the molecule is CC(=O)Oc1cc(O)c2c(c1)N(C/C=C(\C)CCC/C=C(\C)CCC=C(C)C)C(=O)c1cccc(O)c1N2. The van der Waals surface area contributed by atoms with Crippen molar-refractivity contribution in [2.24, 2.45) is 0 Å². The number of phenolic OH excluding ortho intramolecular Hbond substituents is 2. The lowest BCUT2D eigenvalue weighted by atomic mass is 10.1. The lowest BCUT2D eigenvalue weighted by Crippen LogP contribution is -2.30. The Hall–Kier alpha value is -4.00. The molecular formula is C31H38N2O5. The van der Waals surface area contributed by atoms with Crippen LogP contribution in [-0.2, 0) is 4.79 Å². The highest BCUT2D eigenvalue weighted by molar-refractivity contribution is 6.15. The fourth-order valence-electron chi connectivity index (χ4n) is 4.33. The number of carbonyl (C=O) groups excluding carboxylic acids is 2. The fourth-order valence-corrected chi connectivity index (χ4v) is 4.33. The Morgan fingerprint density at radius 3 is 2.37 bits per heavy atom. The Labute approximate surface area is 225 Å². The first-order chi connectivity index (χ1) is 18.1. The summed E-state index contributed by atoms with van der Waals surface area (Å²) in [5.41, 5.74) is 4.96. The van der Waals surface area contributed by atoms with E-state index in [2.05, 4.69) is 38.2 Å². The van der Waals surface area contributed by atoms with Crippen molar-refractivity contribution in [3.05, 3.63) is 70.8 Å². The van der Waals surface area contributed by atoms with Gasteiger partial charge in [-0.1, -0.05) is 41.0 Å². The molecule has 0 atom stereocenters. The number of nitrogens with one attached hydrogen (secondary N) is 1. The topological polar surface area (TPSA) is 99.1 Å². The van der Waals surface area contributed by atoms with Gasteiger partial charge in [-0.05, 0) is 71.9 Å². The van der Waals surface area contributed by atoms with Crippen LogP contribution in [-0.4, -0.2) is 28.6 Å². The van der Waals surface area contributed by atoms with E-state index in [4.69, 9.17) is 4.74 Å². The highest BCUT2D eigenvalue weighted by Crippen LogP contribution is 2.46. The summed E-state index contributed by atoms with van der Waals surface area (Å²) >= 11 is 0. The van der Waals surface area contributed by atoms with Gasteiger partial charge in [0, 0.05) is 25.6 Å². The molecule has 0 saturated heterocycles. The molecular weight excluding hydrogens is 480 g/mol. The minimum atomic E-state index is -0.540. The standard InChI is InChI=1S/C31H38N2O5/c1-20(2)10-8-13-21(3)11-6-7-12-22(4)16-17-33-26-18-24(38-23(5)34)19-28(36)30(26)32-29-25(31(33)37)14-9-15-27(29)35/h9-11,14-16,18-19,32,35-36H,6-8,12-13,17H2,1-5H3/b21-11+,22-16+. The molecule has 3 rings (SSSR count). The Morgan fingerprint density at radius 2 is 1.66 bits per heavy atom. The number of unbranched alkanes of at least 4 members (excludes halogenated alkanes) is 1. The molecule has 0 radical (unpaired) electrons. The highest BCUT2D eigenvalue weighted by atomic mass is 16.5. The lowest BCUT2D eigenvalue weighted by Gasteiger charge is -2.23. The zero-order chi connectivity index (χ0) is 27.8. The van der Waals surface area contributed by atoms with Crippen molar-refractivity contribution in [3.8, 4) is 17.2 Å². The van der Waals surface area contributed by atoms with Crippen LogP contribution < -0.4 is 15.0 Å². The number of carbonyl (C=O) groups is 2. The Balaban J connectivity index is 1.80. The third-order valence-corrected chi connectivity index (χ3v) is 6.37. The first-order valence-corrected chi connectivity index (χ1v) is 13.0. The zero-order valence-corrected chi connectivity index (χ0v) is 22.9. The molecule has 1 aliphatic rings. The number of hydrogen-bond acceptors (Lipinski definition) is 6. The minimum Gasteiger partial charge on any atom is -0.506 e. The predicted octanol–water partition coefficient (Wildman–Crippen LogP) is 7.54. The van der Waals surface area contributed by atoms with Gasteiger partial charge in [-0.15, -0.1) is 0 Å². The molecule has 0 aromatic heterocycles. The van der Waals surface area contributed by atoms with Crippen molar-refractivity contribution in [1.82, 2.24) is 0 Å². The van der Waals surface area contributed by atoms with E-state index in [0.717, 1.165) is 37.7 Å². The molecule has 1 amide bonds. The molecule has 2 aromatic rings. The van der Waals surface area contributed by atoms with Gasteiger partial charge in [-0.3, -0.25) is 9.59 Å². The molecule has 1 heterocycles.